The normalized spacial score (nSPS) is 25.4. The number of imidazole rings is 1. The first kappa shape index (κ1) is 22.0. The fourth-order valence-electron chi connectivity index (χ4n) is 3.00. The van der Waals surface area contributed by atoms with Gasteiger partial charge in [0.1, 0.15) is 18.2 Å². The topological polar surface area (TPSA) is 160 Å². The van der Waals surface area contributed by atoms with Gasteiger partial charge in [-0.15, -0.1) is 0 Å². The van der Waals surface area contributed by atoms with E-state index in [0.717, 1.165) is 0 Å². The third kappa shape index (κ3) is 4.57. The fourth-order valence-corrected chi connectivity index (χ4v) is 4.26. The maximum absolute atomic E-state index is 10.8. The van der Waals surface area contributed by atoms with Crippen molar-refractivity contribution in [3.05, 3.63) is 11.6 Å². The first-order valence-electron chi connectivity index (χ1n) is 8.85. The van der Waals surface area contributed by atoms with E-state index in [1.54, 1.807) is 19.0 Å². The number of nitrogens with two attached hydrogens (primary N) is 1. The van der Waals surface area contributed by atoms with Gasteiger partial charge in [0.05, 0.1) is 12.4 Å². The van der Waals surface area contributed by atoms with Gasteiger partial charge >= 0.3 is 5.97 Å². The van der Waals surface area contributed by atoms with Gasteiger partial charge in [-0.25, -0.2) is 4.98 Å². The van der Waals surface area contributed by atoms with Crippen molar-refractivity contribution in [2.45, 2.75) is 37.0 Å². The Morgan fingerprint density at radius 1 is 1.41 bits per heavy atom. The largest absolute Gasteiger partial charge is 0.480 e. The number of carboxylic acid groups (broad SMARTS) is 1. The molecule has 1 unspecified atom stereocenters. The minimum Gasteiger partial charge on any atom is -0.480 e. The quantitative estimate of drug-likeness (QED) is 0.311. The van der Waals surface area contributed by atoms with Crippen LogP contribution in [0, 0.1) is 0 Å². The van der Waals surface area contributed by atoms with Crippen molar-refractivity contribution >= 4 is 46.3 Å². The molecule has 2 aromatic heterocycles. The molecular formula is C16H23ClN6O5S. The van der Waals surface area contributed by atoms with Crippen LogP contribution < -0.4 is 10.6 Å². The number of nitrogens with zero attached hydrogens (tertiary/aromatic N) is 5. The number of carbonyl (C=O) groups is 1. The van der Waals surface area contributed by atoms with Gasteiger partial charge in [-0.2, -0.15) is 21.7 Å². The summed E-state index contributed by atoms with van der Waals surface area (Å²) in [6, 6.07) is -0.928. The Morgan fingerprint density at radius 3 is 2.79 bits per heavy atom. The molecule has 1 fully saturated rings. The SMILES string of the molecule is CN(C)c1nc(Cl)nc2c1ncn2C1O[C@H](CSCC[C@H](N)C(=O)O)[C@@H](O)[C@H]1O. The predicted molar refractivity (Wildman–Crippen MR) is 108 cm³/mol. The number of hydrogen-bond donors (Lipinski definition) is 4. The summed E-state index contributed by atoms with van der Waals surface area (Å²) >= 11 is 7.43. The van der Waals surface area contributed by atoms with E-state index in [9.17, 15) is 15.0 Å². The zero-order valence-corrected chi connectivity index (χ0v) is 17.4. The van der Waals surface area contributed by atoms with E-state index in [4.69, 9.17) is 27.2 Å². The third-order valence-corrected chi connectivity index (χ3v) is 5.84. The van der Waals surface area contributed by atoms with Crippen LogP contribution in [0.3, 0.4) is 0 Å². The molecule has 13 heteroatoms. The number of aliphatic hydroxyl groups excluding tert-OH is 2. The number of rotatable bonds is 8. The van der Waals surface area contributed by atoms with E-state index in [2.05, 4.69) is 15.0 Å². The molecule has 1 aliphatic rings. The first-order valence-corrected chi connectivity index (χ1v) is 10.4. The second-order valence-corrected chi connectivity index (χ2v) is 8.38. The van der Waals surface area contributed by atoms with Crippen molar-refractivity contribution in [1.82, 2.24) is 19.5 Å². The zero-order valence-electron chi connectivity index (χ0n) is 15.8. The molecule has 5 N–H and O–H groups in total. The summed E-state index contributed by atoms with van der Waals surface area (Å²) in [5, 5.41) is 29.7. The summed E-state index contributed by atoms with van der Waals surface area (Å²) in [6.45, 7) is 0. The van der Waals surface area contributed by atoms with Crippen LogP contribution in [-0.4, -0.2) is 90.8 Å². The van der Waals surface area contributed by atoms with Gasteiger partial charge in [0.2, 0.25) is 5.28 Å². The highest BCUT2D eigenvalue weighted by atomic mass is 35.5. The van der Waals surface area contributed by atoms with Gasteiger partial charge in [-0.1, -0.05) is 0 Å². The van der Waals surface area contributed by atoms with Crippen LogP contribution in [0.25, 0.3) is 11.2 Å². The molecule has 160 valence electrons. The van der Waals surface area contributed by atoms with Crippen molar-refractivity contribution < 1.29 is 24.9 Å². The Hall–Kier alpha value is -1.70. The monoisotopic (exact) mass is 446 g/mol. The molecule has 29 heavy (non-hydrogen) atoms. The van der Waals surface area contributed by atoms with Crippen molar-refractivity contribution in [2.75, 3.05) is 30.5 Å². The molecule has 1 saturated heterocycles. The summed E-state index contributed by atoms with van der Waals surface area (Å²) < 4.78 is 7.39. The van der Waals surface area contributed by atoms with E-state index < -0.39 is 36.6 Å². The molecule has 0 spiro atoms. The molecule has 3 rings (SSSR count). The van der Waals surface area contributed by atoms with E-state index in [0.29, 0.717) is 34.9 Å². The van der Waals surface area contributed by atoms with E-state index in [-0.39, 0.29) is 5.28 Å². The van der Waals surface area contributed by atoms with Crippen LogP contribution in [0.1, 0.15) is 12.6 Å². The van der Waals surface area contributed by atoms with Crippen LogP contribution in [0.15, 0.2) is 6.33 Å². The number of aliphatic hydroxyl groups is 2. The first-order chi connectivity index (χ1) is 13.7. The van der Waals surface area contributed by atoms with Gasteiger partial charge < -0.3 is 30.7 Å². The lowest BCUT2D eigenvalue weighted by atomic mass is 10.1. The standard InChI is InChI=1S/C16H23ClN6O5S/c1-22(2)12-9-13(21-16(17)20-12)23(6-19-9)14-11(25)10(24)8(28-14)5-29-4-3-7(18)15(26)27/h6-8,10-11,14,24-25H,3-5,18H2,1-2H3,(H,26,27)/t7-,8+,10+,11+,14?/m0/s1. The molecular weight excluding hydrogens is 424 g/mol. The summed E-state index contributed by atoms with van der Waals surface area (Å²) in [4.78, 5) is 25.2. The van der Waals surface area contributed by atoms with Crippen molar-refractivity contribution in [3.63, 3.8) is 0 Å². The van der Waals surface area contributed by atoms with Crippen molar-refractivity contribution in [2.24, 2.45) is 5.73 Å². The maximum Gasteiger partial charge on any atom is 0.320 e. The van der Waals surface area contributed by atoms with E-state index in [1.807, 2.05) is 0 Å². The smallest absolute Gasteiger partial charge is 0.320 e. The van der Waals surface area contributed by atoms with Gasteiger partial charge in [0.15, 0.2) is 23.2 Å². The van der Waals surface area contributed by atoms with Crippen LogP contribution >= 0.6 is 23.4 Å². The second kappa shape index (κ2) is 8.98. The van der Waals surface area contributed by atoms with Crippen LogP contribution in [-0.2, 0) is 9.53 Å². The van der Waals surface area contributed by atoms with Gasteiger partial charge in [0.25, 0.3) is 0 Å². The lowest BCUT2D eigenvalue weighted by Crippen LogP contribution is -2.33. The number of fused-ring (bicyclic) bond motifs is 1. The lowest BCUT2D eigenvalue weighted by molar-refractivity contribution is -0.138. The van der Waals surface area contributed by atoms with Crippen LogP contribution in [0.2, 0.25) is 5.28 Å². The number of thioether (sulfide) groups is 1. The highest BCUT2D eigenvalue weighted by Gasteiger charge is 2.44. The minimum atomic E-state index is -1.20. The summed E-state index contributed by atoms with van der Waals surface area (Å²) in [7, 11) is 3.59. The number of hydrogen-bond acceptors (Lipinski definition) is 10. The Kier molecular flexibility index (Phi) is 6.81. The Bertz CT molecular complexity index is 883. The predicted octanol–water partition coefficient (Wildman–Crippen LogP) is -0.300. The minimum absolute atomic E-state index is 0.0258. The van der Waals surface area contributed by atoms with E-state index >= 15 is 0 Å². The van der Waals surface area contributed by atoms with Gasteiger partial charge in [-0.3, -0.25) is 9.36 Å². The van der Waals surface area contributed by atoms with Crippen LogP contribution in [0.4, 0.5) is 5.82 Å². The number of aromatic nitrogens is 4. The maximum atomic E-state index is 10.8. The number of ether oxygens (including phenoxy) is 1. The second-order valence-electron chi connectivity index (χ2n) is 6.89. The van der Waals surface area contributed by atoms with E-state index in [1.165, 1.54) is 22.7 Å². The fraction of sp³-hybridized carbons (Fsp3) is 0.625. The Balaban J connectivity index is 1.73. The van der Waals surface area contributed by atoms with Gasteiger partial charge in [-0.05, 0) is 23.8 Å². The number of carboxylic acids is 1. The molecule has 0 radical (unpaired) electrons. The molecule has 1 aliphatic heterocycles. The Morgan fingerprint density at radius 2 is 2.14 bits per heavy atom. The highest BCUT2D eigenvalue weighted by molar-refractivity contribution is 7.99. The number of anilines is 1. The molecule has 0 aliphatic carbocycles. The molecule has 0 saturated carbocycles. The number of aliphatic carboxylic acids is 1. The lowest BCUT2D eigenvalue weighted by Gasteiger charge is -2.17. The summed E-state index contributed by atoms with van der Waals surface area (Å²) in [5.74, 6) is 0.326. The van der Waals surface area contributed by atoms with Crippen molar-refractivity contribution in [3.8, 4) is 0 Å². The van der Waals surface area contributed by atoms with Crippen LogP contribution in [0.5, 0.6) is 0 Å². The highest BCUT2D eigenvalue weighted by Crippen LogP contribution is 2.34. The summed E-state index contributed by atoms with van der Waals surface area (Å²) in [5.41, 5.74) is 6.35. The molecule has 2 aromatic rings. The van der Waals surface area contributed by atoms with Gasteiger partial charge in [0, 0.05) is 19.8 Å². The molecule has 0 amide bonds. The average molecular weight is 447 g/mol. The molecule has 0 aromatic carbocycles. The summed E-state index contributed by atoms with van der Waals surface area (Å²) in [6.07, 6.45) is -2.11. The molecule has 5 atom stereocenters. The average Bonchev–Trinajstić information content (AvgIpc) is 3.19. The molecule has 11 nitrogen and oxygen atoms in total. The Labute approximate surface area is 175 Å². The van der Waals surface area contributed by atoms with Crippen molar-refractivity contribution in [1.29, 1.82) is 0 Å². The molecule has 3 heterocycles. The number of halogens is 1. The zero-order chi connectivity index (χ0) is 21.3. The third-order valence-electron chi connectivity index (χ3n) is 4.58. The molecule has 0 bridgehead atoms.